The van der Waals surface area contributed by atoms with Gasteiger partial charge in [0.1, 0.15) is 6.04 Å². The molecule has 1 atom stereocenters. The number of carboxylic acids is 2. The van der Waals surface area contributed by atoms with E-state index in [2.05, 4.69) is 17.3 Å². The fourth-order valence-electron chi connectivity index (χ4n) is 7.36. The summed E-state index contributed by atoms with van der Waals surface area (Å²) in [7, 11) is 2.06. The maximum Gasteiger partial charge on any atom is 0.328 e. The molecule has 5 rings (SSSR count). The second-order valence-electron chi connectivity index (χ2n) is 12.3. The number of carbonyl (C=O) groups excluding carboxylic acids is 3. The molecule has 3 N–H and O–H groups in total. The Labute approximate surface area is 247 Å². The first-order chi connectivity index (χ1) is 19.4. The number of thioether (sulfide) groups is 1. The SMILES string of the molecule is CC(=O)SCCN(CCC12CC3CC(CC(C3)C1)C2)C(=O)N[C@@H](C)C(=O)N1CCN(C)CC1.O=C(O)/C=C/C(=O)O. The average molecular weight is 595 g/mol. The highest BCUT2D eigenvalue weighted by molar-refractivity contribution is 8.13. The van der Waals surface area contributed by atoms with Gasteiger partial charge in [-0.05, 0) is 82.1 Å². The van der Waals surface area contributed by atoms with Crippen LogP contribution in [0.25, 0.3) is 0 Å². The summed E-state index contributed by atoms with van der Waals surface area (Å²) in [6, 6.07) is -0.706. The van der Waals surface area contributed by atoms with Crippen LogP contribution in [0.15, 0.2) is 12.2 Å². The average Bonchev–Trinajstić information content (AvgIpc) is 2.88. The number of nitrogens with zero attached hydrogens (tertiary/aromatic N) is 3. The van der Waals surface area contributed by atoms with Crippen molar-refractivity contribution in [2.75, 3.05) is 52.1 Å². The van der Waals surface area contributed by atoms with E-state index < -0.39 is 18.0 Å². The van der Waals surface area contributed by atoms with E-state index in [9.17, 15) is 24.0 Å². The molecule has 0 unspecified atom stereocenters. The number of aliphatic carboxylic acids is 2. The van der Waals surface area contributed by atoms with Crippen LogP contribution < -0.4 is 5.32 Å². The zero-order valence-corrected chi connectivity index (χ0v) is 25.4. The number of carbonyl (C=O) groups is 5. The molecule has 3 amide bonds. The van der Waals surface area contributed by atoms with E-state index in [1.54, 1.807) is 13.8 Å². The van der Waals surface area contributed by atoms with Crippen LogP contribution in [0.4, 0.5) is 4.79 Å². The minimum absolute atomic E-state index is 0.00408. The van der Waals surface area contributed by atoms with E-state index in [1.165, 1.54) is 50.3 Å². The lowest BCUT2D eigenvalue weighted by molar-refractivity contribution is -0.134. The van der Waals surface area contributed by atoms with E-state index >= 15 is 0 Å². The van der Waals surface area contributed by atoms with Crippen LogP contribution in [0.5, 0.6) is 0 Å². The van der Waals surface area contributed by atoms with Crippen LogP contribution in [0.3, 0.4) is 0 Å². The molecular formula is C29H46N4O7S. The molecule has 1 saturated heterocycles. The van der Waals surface area contributed by atoms with Gasteiger partial charge in [-0.25, -0.2) is 14.4 Å². The Morgan fingerprint density at radius 3 is 1.90 bits per heavy atom. The van der Waals surface area contributed by atoms with Crippen LogP contribution in [-0.4, -0.2) is 112 Å². The van der Waals surface area contributed by atoms with Crippen LogP contribution in [0.1, 0.15) is 58.8 Å². The summed E-state index contributed by atoms with van der Waals surface area (Å²) in [5, 5.41) is 18.7. The zero-order valence-electron chi connectivity index (χ0n) is 24.5. The van der Waals surface area contributed by atoms with Gasteiger partial charge >= 0.3 is 18.0 Å². The number of likely N-dealkylation sites (N-methyl/N-ethyl adjacent to an activating group) is 1. The van der Waals surface area contributed by atoms with Crippen molar-refractivity contribution >= 4 is 40.8 Å². The summed E-state index contributed by atoms with van der Waals surface area (Å²) in [6.45, 7) is 7.77. The van der Waals surface area contributed by atoms with Crippen molar-refractivity contribution in [3.05, 3.63) is 12.2 Å². The predicted octanol–water partition coefficient (Wildman–Crippen LogP) is 2.76. The van der Waals surface area contributed by atoms with Crippen molar-refractivity contribution in [3.8, 4) is 0 Å². The Balaban J connectivity index is 0.000000507. The highest BCUT2D eigenvalue weighted by atomic mass is 32.2. The third-order valence-electron chi connectivity index (χ3n) is 8.92. The van der Waals surface area contributed by atoms with Crippen LogP contribution >= 0.6 is 11.8 Å². The highest BCUT2D eigenvalue weighted by Crippen LogP contribution is 2.61. The van der Waals surface area contributed by atoms with E-state index in [0.717, 1.165) is 37.3 Å². The molecule has 1 aliphatic heterocycles. The van der Waals surface area contributed by atoms with Gasteiger partial charge in [0.05, 0.1) is 0 Å². The number of nitrogens with one attached hydrogen (secondary N) is 1. The number of hydrogen-bond donors (Lipinski definition) is 3. The molecule has 11 nitrogen and oxygen atoms in total. The summed E-state index contributed by atoms with van der Waals surface area (Å²) in [4.78, 5) is 62.6. The normalized spacial score (nSPS) is 27.6. The predicted molar refractivity (Wildman–Crippen MR) is 156 cm³/mol. The first-order valence-electron chi connectivity index (χ1n) is 14.7. The van der Waals surface area contributed by atoms with Gasteiger partial charge in [0.2, 0.25) is 5.91 Å². The Kier molecular flexibility index (Phi) is 12.1. The number of urea groups is 1. The number of rotatable bonds is 10. The fourth-order valence-corrected chi connectivity index (χ4v) is 7.96. The lowest BCUT2D eigenvalue weighted by atomic mass is 9.49. The molecule has 0 aromatic heterocycles. The van der Waals surface area contributed by atoms with Crippen LogP contribution in [0, 0.1) is 23.2 Å². The molecule has 5 fully saturated rings. The number of amides is 3. The highest BCUT2D eigenvalue weighted by Gasteiger charge is 2.50. The van der Waals surface area contributed by atoms with Crippen LogP contribution in [-0.2, 0) is 19.2 Å². The first-order valence-corrected chi connectivity index (χ1v) is 15.6. The van der Waals surface area contributed by atoms with Crippen molar-refractivity contribution in [1.29, 1.82) is 0 Å². The molecule has 1 heterocycles. The molecule has 0 aromatic carbocycles. The molecule has 5 aliphatic rings. The Bertz CT molecular complexity index is 944. The summed E-state index contributed by atoms with van der Waals surface area (Å²) >= 11 is 1.27. The summed E-state index contributed by atoms with van der Waals surface area (Å²) in [5.74, 6) is 0.772. The second-order valence-corrected chi connectivity index (χ2v) is 13.6. The minimum Gasteiger partial charge on any atom is -0.478 e. The minimum atomic E-state index is -1.26. The Hall–Kier alpha value is -2.60. The smallest absolute Gasteiger partial charge is 0.328 e. The van der Waals surface area contributed by atoms with E-state index in [0.29, 0.717) is 49.5 Å². The van der Waals surface area contributed by atoms with E-state index in [-0.39, 0.29) is 17.1 Å². The van der Waals surface area contributed by atoms with Crippen molar-refractivity contribution in [1.82, 2.24) is 20.0 Å². The van der Waals surface area contributed by atoms with Crippen molar-refractivity contribution in [3.63, 3.8) is 0 Å². The van der Waals surface area contributed by atoms with Gasteiger partial charge in [0, 0.05) is 64.1 Å². The summed E-state index contributed by atoms with van der Waals surface area (Å²) < 4.78 is 0. The topological polar surface area (TPSA) is 148 Å². The van der Waals surface area contributed by atoms with Gasteiger partial charge in [-0.3, -0.25) is 9.59 Å². The Morgan fingerprint density at radius 1 is 0.927 bits per heavy atom. The first kappa shape index (κ1) is 32.9. The van der Waals surface area contributed by atoms with Gasteiger partial charge in [-0.2, -0.15) is 0 Å². The molecule has 0 aromatic rings. The maximum absolute atomic E-state index is 13.2. The molecule has 12 heteroatoms. The van der Waals surface area contributed by atoms with Gasteiger partial charge in [-0.15, -0.1) is 0 Å². The number of carboxylic acid groups (broad SMARTS) is 2. The molecule has 41 heavy (non-hydrogen) atoms. The summed E-state index contributed by atoms with van der Waals surface area (Å²) in [6.07, 6.45) is 10.4. The standard InChI is InChI=1S/C25H42N4O3S.C4H4O4/c1-18(23(31)28-8-6-27(3)7-9-28)26-24(32)29(10-11-33-19(2)30)5-4-25-15-20-12-21(16-25)14-22(13-20)17-25;5-3(6)1-2-4(7)8/h18,20-22H,4-17H2,1-3H3,(H,26,32);1-2H,(H,5,6)(H,7,8)/b;2-1+/t18-,20?,21?,22?,25?;/m0./s1. The second kappa shape index (κ2) is 15.0. The monoisotopic (exact) mass is 594 g/mol. The van der Waals surface area contributed by atoms with Crippen molar-refractivity contribution < 1.29 is 34.2 Å². The fraction of sp³-hybridized carbons (Fsp3) is 0.759. The maximum atomic E-state index is 13.2. The molecule has 0 radical (unpaired) electrons. The lowest BCUT2D eigenvalue weighted by Gasteiger charge is -2.57. The van der Waals surface area contributed by atoms with Gasteiger partial charge in [-0.1, -0.05) is 11.8 Å². The summed E-state index contributed by atoms with van der Waals surface area (Å²) in [5.41, 5.74) is 0.405. The molecule has 4 bridgehead atoms. The van der Waals surface area contributed by atoms with Crippen LogP contribution in [0.2, 0.25) is 0 Å². The number of piperazine rings is 1. The molecule has 4 aliphatic carbocycles. The Morgan fingerprint density at radius 2 is 1.44 bits per heavy atom. The van der Waals surface area contributed by atoms with E-state index in [1.807, 2.05) is 9.80 Å². The van der Waals surface area contributed by atoms with E-state index in [4.69, 9.17) is 10.2 Å². The third kappa shape index (κ3) is 10.3. The quantitative estimate of drug-likeness (QED) is 0.325. The lowest BCUT2D eigenvalue weighted by Crippen LogP contribution is -2.55. The van der Waals surface area contributed by atoms with Gasteiger partial charge in [0.25, 0.3) is 0 Å². The third-order valence-corrected chi connectivity index (χ3v) is 9.72. The largest absolute Gasteiger partial charge is 0.478 e. The van der Waals surface area contributed by atoms with Gasteiger partial charge in [0.15, 0.2) is 5.12 Å². The van der Waals surface area contributed by atoms with Gasteiger partial charge < -0.3 is 30.2 Å². The van der Waals surface area contributed by atoms with Crippen molar-refractivity contribution in [2.45, 2.75) is 64.8 Å². The molecule has 0 spiro atoms. The number of hydrogen-bond acceptors (Lipinski definition) is 7. The molecule has 4 saturated carbocycles. The zero-order chi connectivity index (χ0) is 30.2. The molecular weight excluding hydrogens is 548 g/mol. The molecule has 230 valence electrons. The van der Waals surface area contributed by atoms with Crippen molar-refractivity contribution in [2.24, 2.45) is 23.2 Å².